The Morgan fingerprint density at radius 1 is 0.422 bits per heavy atom. The topological polar surface area (TPSA) is 239 Å². The van der Waals surface area contributed by atoms with Crippen LogP contribution in [-0.4, -0.2) is 91.6 Å². The number of aliphatic carboxylic acids is 1. The molecule has 11 heterocycles. The predicted molar refractivity (Wildman–Crippen MR) is 557 cm³/mol. The number of imidazole rings is 1. The molecule has 3 aliphatic heterocycles. The van der Waals surface area contributed by atoms with Crippen LogP contribution in [0.2, 0.25) is 0 Å². The van der Waals surface area contributed by atoms with Crippen molar-refractivity contribution >= 4 is 76.8 Å². The SMILES string of the molecule is C1CCC2NCCCC2C1.C1CCNCC1.Cn1cc(-c2ccccc2)nn1.O=C(O)Cc1ccc(-c2ccccc2)cc1.c1c[nH]cn1.c1ccc(-c2ccccc2)cc1.c1ccc2[nH]ccc2c1.c1ccc2c(c1)CN=N2.c1ccc2ccccc2c1.c1ccc2ncccc2c1.c1ccc2occc2c1.c1ccc2scnc2c1.c1ccccc1.c1ccncc1.c1cncnc1. The Labute approximate surface area is 796 Å². The first-order valence-corrected chi connectivity index (χ1v) is 46.4. The largest absolute Gasteiger partial charge is 0.481 e. The summed E-state index contributed by atoms with van der Waals surface area (Å²) in [6.07, 6.45) is 33.9. The summed E-state index contributed by atoms with van der Waals surface area (Å²) in [5.74, 6) is 0.245. The molecule has 135 heavy (non-hydrogen) atoms. The van der Waals surface area contributed by atoms with Gasteiger partial charge in [-0.25, -0.2) is 19.9 Å². The molecule has 2 saturated heterocycles. The Hall–Kier alpha value is -15.9. The second-order valence-electron chi connectivity index (χ2n) is 30.8. The van der Waals surface area contributed by atoms with Crippen molar-refractivity contribution < 1.29 is 14.3 Å². The summed E-state index contributed by atoms with van der Waals surface area (Å²) in [5, 5.41) is 37.5. The molecule has 0 radical (unpaired) electrons. The third-order valence-corrected chi connectivity index (χ3v) is 21.8. The lowest BCUT2D eigenvalue weighted by molar-refractivity contribution is -0.136. The molecule has 5 N–H and O–H groups in total. The number of thiazole rings is 1. The standard InChI is InChI=1S/C14H12O2.C12H10.C10H8.C9H9N3.C9H17N.C9H7N.C8H7N.C8H6O.C7H6N2.C7H5NS.C6H6.C5H11N.C5H5N.C4H4N2.C3H4N2/c15-14(16)10-11-6-8-13(9-7-11)12-4-2-1-3-5-12;1-3-7-11(8-4-1)12-9-5-2-6-10-12;1-2-6-10-8-4-3-7-9(10)5-1;1-12-7-9(10-11-12)8-5-3-2-4-6-8;2*1-2-6-9-8(4-1)5-3-7-10-9;2*1-2-4-8-7(3-1)5-6-9-8;1-2-4-7-6(3-1)5-8-9-7;1-2-4-7-6(3-1)8-5-9-7;3*1-2-4-6-5-3-1;1-2-5-4-6-3-1;1-2-5-3-4-1/h1-9H,10H2,(H,15,16);1-10H;1-8H;2-7H,1H3;8-10H,1-7H2;1-7H;1-6,9H;1-6H;1-4H,5H2;1-5H;1-6H;6H,1-5H2;1-5H;1-4H;1-3H,(H,4,5). The van der Waals surface area contributed by atoms with Crippen LogP contribution in [-0.2, 0) is 24.8 Å². The molecule has 0 spiro atoms. The first-order valence-electron chi connectivity index (χ1n) is 45.6. The van der Waals surface area contributed by atoms with Gasteiger partial charge >= 0.3 is 5.97 Å². The number of carbonyl (C=O) groups is 1. The fraction of sp³-hybridized carbons (Fsp3) is 0.147. The molecular weight excluding hydrogens is 1680 g/mol. The number of nitrogens with one attached hydrogen (secondary N) is 4. The van der Waals surface area contributed by atoms with Gasteiger partial charge in [-0.2, -0.15) is 10.2 Å². The van der Waals surface area contributed by atoms with Gasteiger partial charge in [-0.1, -0.05) is 352 Å². The average molecular weight is 1800 g/mol. The fourth-order valence-electron chi connectivity index (χ4n) is 14.2. The van der Waals surface area contributed by atoms with Gasteiger partial charge in [-0.3, -0.25) is 19.4 Å². The third kappa shape index (κ3) is 39.0. The van der Waals surface area contributed by atoms with Gasteiger partial charge in [0, 0.05) is 90.1 Å². The van der Waals surface area contributed by atoms with E-state index in [9.17, 15) is 4.79 Å². The Morgan fingerprint density at radius 3 is 1.45 bits per heavy atom. The quantitative estimate of drug-likeness (QED) is 0.108. The molecular formula is C116H117N15O3S. The summed E-state index contributed by atoms with van der Waals surface area (Å²) in [7, 11) is 1.86. The van der Waals surface area contributed by atoms with Crippen LogP contribution >= 0.6 is 11.3 Å². The summed E-state index contributed by atoms with van der Waals surface area (Å²) in [6.45, 7) is 4.54. The molecule has 2 atom stereocenters. The minimum atomic E-state index is -0.799. The molecule has 8 aromatic heterocycles. The van der Waals surface area contributed by atoms with E-state index in [1.165, 1.54) is 132 Å². The summed E-state index contributed by atoms with van der Waals surface area (Å²) >= 11 is 1.68. The fourth-order valence-corrected chi connectivity index (χ4v) is 14.9. The Balaban J connectivity index is 0.000000140. The number of hydrogen-bond acceptors (Lipinski definition) is 15. The first-order chi connectivity index (χ1) is 66.8. The van der Waals surface area contributed by atoms with Gasteiger partial charge in [0.05, 0.1) is 58.7 Å². The molecule has 21 aromatic rings. The lowest BCUT2D eigenvalue weighted by Gasteiger charge is -2.36. The van der Waals surface area contributed by atoms with Crippen molar-refractivity contribution in [1.82, 2.24) is 65.5 Å². The number of benzene rings is 13. The number of piperidine rings is 2. The minimum absolute atomic E-state index is 0.0784. The lowest BCUT2D eigenvalue weighted by atomic mass is 9.80. The van der Waals surface area contributed by atoms with Crippen molar-refractivity contribution in [3.05, 3.63) is 492 Å². The van der Waals surface area contributed by atoms with Crippen LogP contribution in [0.15, 0.2) is 495 Å². The van der Waals surface area contributed by atoms with E-state index in [1.54, 1.807) is 71.9 Å². The third-order valence-electron chi connectivity index (χ3n) is 21.0. The zero-order valence-corrected chi connectivity index (χ0v) is 77.1. The normalized spacial score (nSPS) is 12.8. The molecule has 680 valence electrons. The van der Waals surface area contributed by atoms with Crippen LogP contribution in [0.1, 0.15) is 68.9 Å². The van der Waals surface area contributed by atoms with E-state index in [0.717, 1.165) is 74.1 Å². The number of nitrogens with zero attached hydrogens (tertiary/aromatic N) is 11. The van der Waals surface area contributed by atoms with E-state index in [4.69, 9.17) is 9.52 Å². The number of aromatic amines is 2. The van der Waals surface area contributed by atoms with E-state index in [1.807, 2.05) is 286 Å². The van der Waals surface area contributed by atoms with Crippen molar-refractivity contribution in [1.29, 1.82) is 0 Å². The number of aromatic nitrogens is 11. The summed E-state index contributed by atoms with van der Waals surface area (Å²) in [4.78, 5) is 39.5. The van der Waals surface area contributed by atoms with Gasteiger partial charge in [-0.05, 0) is 181 Å². The summed E-state index contributed by atoms with van der Waals surface area (Å²) < 4.78 is 8.08. The lowest BCUT2D eigenvalue weighted by Crippen LogP contribution is -2.42. The number of rotatable bonds is 5. The van der Waals surface area contributed by atoms with E-state index in [0.29, 0.717) is 0 Å². The van der Waals surface area contributed by atoms with E-state index in [2.05, 4.69) is 211 Å². The monoisotopic (exact) mass is 1800 g/mol. The Morgan fingerprint density at radius 2 is 0.948 bits per heavy atom. The molecule has 1 aliphatic carbocycles. The summed E-state index contributed by atoms with van der Waals surface area (Å²) in [5.41, 5.74) is 16.1. The molecule has 18 nitrogen and oxygen atoms in total. The number of furan rings is 1. The maximum atomic E-state index is 10.5. The van der Waals surface area contributed by atoms with Crippen LogP contribution in [0, 0.1) is 5.92 Å². The molecule has 13 aromatic carbocycles. The van der Waals surface area contributed by atoms with Crippen molar-refractivity contribution in [2.45, 2.75) is 76.8 Å². The van der Waals surface area contributed by atoms with E-state index < -0.39 is 5.97 Å². The Kier molecular flexibility index (Phi) is 45.5. The van der Waals surface area contributed by atoms with Crippen LogP contribution in [0.4, 0.5) is 5.69 Å². The molecule has 1 saturated carbocycles. The van der Waals surface area contributed by atoms with Crippen LogP contribution in [0.3, 0.4) is 0 Å². The molecule has 2 unspecified atom stereocenters. The number of carboxylic acids is 1. The average Bonchev–Trinajstić information content (AvgIpc) is 1.85. The minimum Gasteiger partial charge on any atom is -0.481 e. The zero-order chi connectivity index (χ0) is 93.4. The van der Waals surface area contributed by atoms with Gasteiger partial charge in [0.1, 0.15) is 17.6 Å². The number of carboxylic acid groups (broad SMARTS) is 1. The van der Waals surface area contributed by atoms with Crippen LogP contribution < -0.4 is 10.6 Å². The van der Waals surface area contributed by atoms with E-state index >= 15 is 0 Å². The van der Waals surface area contributed by atoms with Gasteiger partial charge in [0.25, 0.3) is 0 Å². The molecule has 19 heteroatoms. The Bertz CT molecular complexity index is 5900. The molecule has 0 amide bonds. The second kappa shape index (κ2) is 61.6. The maximum Gasteiger partial charge on any atom is 0.307 e. The smallest absolute Gasteiger partial charge is 0.307 e. The molecule has 25 rings (SSSR count). The van der Waals surface area contributed by atoms with Gasteiger partial charge in [0.15, 0.2) is 0 Å². The molecule has 0 bridgehead atoms. The molecule has 4 aliphatic rings. The predicted octanol–water partition coefficient (Wildman–Crippen LogP) is 28.4. The highest BCUT2D eigenvalue weighted by Crippen LogP contribution is 2.31. The molecule has 3 fully saturated rings. The number of fused-ring (bicyclic) bond motifs is 7. The van der Waals surface area contributed by atoms with E-state index in [-0.39, 0.29) is 6.42 Å². The van der Waals surface area contributed by atoms with Crippen molar-refractivity contribution in [3.63, 3.8) is 0 Å². The highest BCUT2D eigenvalue weighted by molar-refractivity contribution is 7.16. The highest BCUT2D eigenvalue weighted by Gasteiger charge is 2.26. The second-order valence-corrected chi connectivity index (χ2v) is 31.7. The van der Waals surface area contributed by atoms with Crippen molar-refractivity contribution in [2.24, 2.45) is 23.2 Å². The van der Waals surface area contributed by atoms with Crippen molar-refractivity contribution in [3.8, 4) is 33.5 Å². The van der Waals surface area contributed by atoms with Crippen LogP contribution in [0.25, 0.3) is 87.3 Å². The maximum absolute atomic E-state index is 10.5. The number of para-hydroxylation sites is 4. The number of azo groups is 1. The van der Waals surface area contributed by atoms with Crippen molar-refractivity contribution in [2.75, 3.05) is 19.6 Å². The number of hydrogen-bond donors (Lipinski definition) is 5. The van der Waals surface area contributed by atoms with Gasteiger partial charge in [0.2, 0.25) is 0 Å². The van der Waals surface area contributed by atoms with Gasteiger partial charge < -0.3 is 30.1 Å². The van der Waals surface area contributed by atoms with Gasteiger partial charge in [-0.15, -0.1) is 16.4 Å². The first kappa shape index (κ1) is 99.6. The summed E-state index contributed by atoms with van der Waals surface area (Å²) in [6, 6.07) is 134. The van der Waals surface area contributed by atoms with Crippen LogP contribution in [0.5, 0.6) is 0 Å². The zero-order valence-electron chi connectivity index (χ0n) is 76.3. The number of aryl methyl sites for hydroxylation is 1. The highest BCUT2D eigenvalue weighted by atomic mass is 32.1. The number of H-pyrrole nitrogens is 2. The number of pyridine rings is 2.